The highest BCUT2D eigenvalue weighted by Gasteiger charge is 2.26. The van der Waals surface area contributed by atoms with Gasteiger partial charge in [0.05, 0.1) is 12.5 Å². The lowest BCUT2D eigenvalue weighted by Gasteiger charge is -2.32. The van der Waals surface area contributed by atoms with Crippen LogP contribution in [0, 0.1) is 0 Å². The molecule has 2 amide bonds. The first-order chi connectivity index (χ1) is 14.0. The van der Waals surface area contributed by atoms with Crippen molar-refractivity contribution in [3.8, 4) is 0 Å². The Bertz CT molecular complexity index is 816. The highest BCUT2D eigenvalue weighted by atomic mass is 16.2. The second-order valence-electron chi connectivity index (χ2n) is 7.85. The zero-order chi connectivity index (χ0) is 20.6. The number of amides is 2. The van der Waals surface area contributed by atoms with Gasteiger partial charge in [-0.1, -0.05) is 54.6 Å². The van der Waals surface area contributed by atoms with Crippen molar-refractivity contribution in [2.24, 2.45) is 0 Å². The first kappa shape index (κ1) is 21.1. The van der Waals surface area contributed by atoms with Gasteiger partial charge in [-0.3, -0.25) is 14.5 Å². The molecule has 29 heavy (non-hydrogen) atoms. The molecule has 1 N–H and O–H groups in total. The zero-order valence-electron chi connectivity index (χ0n) is 17.4. The molecule has 1 heterocycles. The summed E-state index contributed by atoms with van der Waals surface area (Å²) in [6, 6.07) is 18.6. The minimum absolute atomic E-state index is 0.0555. The minimum atomic E-state index is -0.0555. The summed E-state index contributed by atoms with van der Waals surface area (Å²) in [6.07, 6.45) is 2.82. The predicted octanol–water partition coefficient (Wildman–Crippen LogP) is 3.16. The number of nitrogens with one attached hydrogen (secondary N) is 1. The molecule has 0 radical (unpaired) electrons. The molecule has 2 aromatic rings. The van der Waals surface area contributed by atoms with Crippen LogP contribution in [0.15, 0.2) is 54.6 Å². The van der Waals surface area contributed by atoms with Crippen molar-refractivity contribution in [3.63, 3.8) is 0 Å². The lowest BCUT2D eigenvalue weighted by Crippen LogP contribution is -2.38. The Kier molecular flexibility index (Phi) is 7.42. The average Bonchev–Trinajstić information content (AvgIpc) is 3.25. The van der Waals surface area contributed by atoms with Gasteiger partial charge in [-0.05, 0) is 42.6 Å². The molecule has 1 saturated heterocycles. The van der Waals surface area contributed by atoms with Crippen molar-refractivity contribution in [2.45, 2.75) is 38.8 Å². The van der Waals surface area contributed by atoms with Gasteiger partial charge in [0.15, 0.2) is 0 Å². The minimum Gasteiger partial charge on any atom is -0.352 e. The van der Waals surface area contributed by atoms with Crippen molar-refractivity contribution in [2.75, 3.05) is 26.7 Å². The molecule has 5 heteroatoms. The van der Waals surface area contributed by atoms with Crippen LogP contribution in [0.2, 0.25) is 0 Å². The molecule has 0 aliphatic carbocycles. The number of benzene rings is 2. The fraction of sp³-hybridized carbons (Fsp3) is 0.417. The van der Waals surface area contributed by atoms with E-state index >= 15 is 0 Å². The monoisotopic (exact) mass is 393 g/mol. The predicted molar refractivity (Wildman–Crippen MR) is 115 cm³/mol. The van der Waals surface area contributed by atoms with Crippen LogP contribution in [-0.4, -0.2) is 48.3 Å². The maximum absolute atomic E-state index is 12.9. The molecular formula is C24H31N3O2. The maximum atomic E-state index is 12.9. The second kappa shape index (κ2) is 10.2. The number of hydrogen-bond donors (Lipinski definition) is 1. The molecule has 1 aliphatic heterocycles. The number of nitrogens with zero attached hydrogens (tertiary/aromatic N) is 2. The van der Waals surface area contributed by atoms with Crippen LogP contribution in [0.4, 0.5) is 0 Å². The van der Waals surface area contributed by atoms with Crippen molar-refractivity contribution >= 4 is 11.8 Å². The van der Waals surface area contributed by atoms with Crippen molar-refractivity contribution in [3.05, 3.63) is 71.3 Å². The third kappa shape index (κ3) is 6.16. The van der Waals surface area contributed by atoms with Gasteiger partial charge in [0.2, 0.25) is 11.8 Å². The fourth-order valence-electron chi connectivity index (χ4n) is 3.91. The van der Waals surface area contributed by atoms with E-state index in [1.807, 2.05) is 42.3 Å². The number of rotatable bonds is 8. The molecule has 1 fully saturated rings. The normalized spacial score (nSPS) is 15.1. The van der Waals surface area contributed by atoms with Crippen LogP contribution in [0.1, 0.15) is 42.5 Å². The molecule has 3 rings (SSSR count). The number of likely N-dealkylation sites (N-methyl/N-ethyl adjacent to an activating group) is 1. The van der Waals surface area contributed by atoms with E-state index in [-0.39, 0.29) is 17.9 Å². The van der Waals surface area contributed by atoms with Gasteiger partial charge >= 0.3 is 0 Å². The van der Waals surface area contributed by atoms with Crippen LogP contribution in [0.25, 0.3) is 0 Å². The summed E-state index contributed by atoms with van der Waals surface area (Å²) in [6.45, 7) is 4.86. The second-order valence-corrected chi connectivity index (χ2v) is 7.85. The summed E-state index contributed by atoms with van der Waals surface area (Å²) in [5, 5.41) is 2.80. The topological polar surface area (TPSA) is 52.7 Å². The van der Waals surface area contributed by atoms with Gasteiger partial charge in [-0.15, -0.1) is 0 Å². The summed E-state index contributed by atoms with van der Waals surface area (Å²) < 4.78 is 0. The molecule has 2 aromatic carbocycles. The summed E-state index contributed by atoms with van der Waals surface area (Å²) in [5.41, 5.74) is 3.25. The molecule has 1 aliphatic rings. The molecular weight excluding hydrogens is 362 g/mol. The largest absolute Gasteiger partial charge is 0.352 e. The van der Waals surface area contributed by atoms with Crippen LogP contribution >= 0.6 is 0 Å². The van der Waals surface area contributed by atoms with Crippen molar-refractivity contribution < 1.29 is 9.59 Å². The zero-order valence-corrected chi connectivity index (χ0v) is 17.4. The van der Waals surface area contributed by atoms with E-state index in [0.29, 0.717) is 19.5 Å². The van der Waals surface area contributed by atoms with Crippen LogP contribution < -0.4 is 5.32 Å². The third-order valence-electron chi connectivity index (χ3n) is 5.53. The Morgan fingerprint density at radius 1 is 1.03 bits per heavy atom. The summed E-state index contributed by atoms with van der Waals surface area (Å²) in [5.74, 6) is 0.0573. The van der Waals surface area contributed by atoms with Gasteiger partial charge in [-0.2, -0.15) is 0 Å². The molecule has 1 atom stereocenters. The van der Waals surface area contributed by atoms with Gasteiger partial charge in [0, 0.05) is 27.1 Å². The van der Waals surface area contributed by atoms with Crippen molar-refractivity contribution in [1.82, 2.24) is 15.1 Å². The molecule has 5 nitrogen and oxygen atoms in total. The number of carbonyl (C=O) groups is 2. The first-order valence-corrected chi connectivity index (χ1v) is 10.4. The standard InChI is InChI=1S/C24H31N3O2/c1-19(28)25-17-21-10-8-9-20(15-21)16-24(29)26(2)18-23(27-13-6-7-14-27)22-11-4-3-5-12-22/h3-5,8-12,15,23H,6-7,13-14,16-18H2,1-2H3,(H,25,28). The van der Waals surface area contributed by atoms with E-state index in [2.05, 4.69) is 34.5 Å². The number of hydrogen-bond acceptors (Lipinski definition) is 3. The molecule has 154 valence electrons. The van der Waals surface area contributed by atoms with Gasteiger partial charge in [0.1, 0.15) is 0 Å². The van der Waals surface area contributed by atoms with Crippen LogP contribution in [-0.2, 0) is 22.6 Å². The van der Waals surface area contributed by atoms with Crippen molar-refractivity contribution in [1.29, 1.82) is 0 Å². The highest BCUT2D eigenvalue weighted by molar-refractivity contribution is 5.78. The van der Waals surface area contributed by atoms with E-state index in [0.717, 1.165) is 24.2 Å². The van der Waals surface area contributed by atoms with Crippen LogP contribution in [0.5, 0.6) is 0 Å². The average molecular weight is 394 g/mol. The van der Waals surface area contributed by atoms with E-state index in [9.17, 15) is 9.59 Å². The fourth-order valence-corrected chi connectivity index (χ4v) is 3.91. The summed E-state index contributed by atoms with van der Waals surface area (Å²) in [4.78, 5) is 28.4. The Morgan fingerprint density at radius 3 is 2.41 bits per heavy atom. The molecule has 0 aromatic heterocycles. The quantitative estimate of drug-likeness (QED) is 0.750. The Hall–Kier alpha value is -2.66. The van der Waals surface area contributed by atoms with E-state index in [4.69, 9.17) is 0 Å². The Morgan fingerprint density at radius 2 is 1.72 bits per heavy atom. The summed E-state index contributed by atoms with van der Waals surface area (Å²) >= 11 is 0. The number of carbonyl (C=O) groups excluding carboxylic acids is 2. The van der Waals surface area contributed by atoms with Gasteiger partial charge in [0.25, 0.3) is 0 Å². The molecule has 0 spiro atoms. The highest BCUT2D eigenvalue weighted by Crippen LogP contribution is 2.26. The molecule has 0 bridgehead atoms. The van der Waals surface area contributed by atoms with Gasteiger partial charge < -0.3 is 10.2 Å². The first-order valence-electron chi connectivity index (χ1n) is 10.4. The van der Waals surface area contributed by atoms with Gasteiger partial charge in [-0.25, -0.2) is 0 Å². The maximum Gasteiger partial charge on any atom is 0.226 e. The van der Waals surface area contributed by atoms with E-state index in [1.165, 1.54) is 25.3 Å². The number of likely N-dealkylation sites (tertiary alicyclic amines) is 1. The van der Waals surface area contributed by atoms with E-state index in [1.54, 1.807) is 0 Å². The van der Waals surface area contributed by atoms with Crippen LogP contribution in [0.3, 0.4) is 0 Å². The lowest BCUT2D eigenvalue weighted by atomic mass is 10.0. The SMILES string of the molecule is CC(=O)NCc1cccc(CC(=O)N(C)CC(c2ccccc2)N2CCCC2)c1. The molecule has 0 saturated carbocycles. The Balaban J connectivity index is 1.64. The molecule has 1 unspecified atom stereocenters. The summed E-state index contributed by atoms with van der Waals surface area (Å²) in [7, 11) is 1.90. The Labute approximate surface area is 173 Å². The smallest absolute Gasteiger partial charge is 0.226 e. The third-order valence-corrected chi connectivity index (χ3v) is 5.53. The lowest BCUT2D eigenvalue weighted by molar-refractivity contribution is -0.130. The van der Waals surface area contributed by atoms with E-state index < -0.39 is 0 Å².